The monoisotopic (exact) mass is 300 g/mol. The third kappa shape index (κ3) is 2.24. The van der Waals surface area contributed by atoms with Gasteiger partial charge in [0.15, 0.2) is 11.4 Å². The van der Waals surface area contributed by atoms with E-state index in [1.165, 1.54) is 22.8 Å². The first-order valence-electron chi connectivity index (χ1n) is 7.14. The SMILES string of the molecule is O=C(Nc1nc2ccc(F)cn2n1)c1cc2c(o1)CCCC2. The number of furan rings is 1. The van der Waals surface area contributed by atoms with Crippen LogP contribution in [0.4, 0.5) is 10.3 Å². The van der Waals surface area contributed by atoms with E-state index in [2.05, 4.69) is 15.4 Å². The van der Waals surface area contributed by atoms with Crippen LogP contribution in [0.2, 0.25) is 0 Å². The lowest BCUT2D eigenvalue weighted by Gasteiger charge is -2.07. The van der Waals surface area contributed by atoms with Crippen molar-refractivity contribution in [2.45, 2.75) is 25.7 Å². The van der Waals surface area contributed by atoms with Crippen molar-refractivity contribution in [2.24, 2.45) is 0 Å². The number of hydrogen-bond acceptors (Lipinski definition) is 4. The molecule has 3 heterocycles. The summed E-state index contributed by atoms with van der Waals surface area (Å²) in [4.78, 5) is 16.3. The number of nitrogens with one attached hydrogen (secondary N) is 1. The third-order valence-corrected chi connectivity index (χ3v) is 3.74. The molecule has 1 aliphatic carbocycles. The molecule has 0 aromatic carbocycles. The van der Waals surface area contributed by atoms with Crippen molar-refractivity contribution < 1.29 is 13.6 Å². The van der Waals surface area contributed by atoms with Gasteiger partial charge < -0.3 is 4.42 Å². The maximum absolute atomic E-state index is 13.1. The van der Waals surface area contributed by atoms with Crippen LogP contribution in [0.25, 0.3) is 5.65 Å². The molecule has 1 amide bonds. The zero-order valence-corrected chi connectivity index (χ0v) is 11.7. The van der Waals surface area contributed by atoms with Crippen LogP contribution in [0.1, 0.15) is 34.7 Å². The summed E-state index contributed by atoms with van der Waals surface area (Å²) in [5.74, 6) is 0.447. The number of rotatable bonds is 2. The summed E-state index contributed by atoms with van der Waals surface area (Å²) in [6.07, 6.45) is 5.21. The van der Waals surface area contributed by atoms with E-state index in [9.17, 15) is 9.18 Å². The minimum atomic E-state index is -0.422. The summed E-state index contributed by atoms with van der Waals surface area (Å²) >= 11 is 0. The minimum Gasteiger partial charge on any atom is -0.456 e. The fraction of sp³-hybridized carbons (Fsp3) is 0.267. The molecule has 0 atom stereocenters. The van der Waals surface area contributed by atoms with Gasteiger partial charge in [-0.25, -0.2) is 8.91 Å². The lowest BCUT2D eigenvalue weighted by molar-refractivity contribution is 0.0994. The number of aryl methyl sites for hydroxylation is 2. The second-order valence-electron chi connectivity index (χ2n) is 5.31. The number of aromatic nitrogens is 3. The Hall–Kier alpha value is -2.70. The Kier molecular flexibility index (Phi) is 2.92. The van der Waals surface area contributed by atoms with E-state index in [-0.39, 0.29) is 11.7 Å². The van der Waals surface area contributed by atoms with Crippen LogP contribution in [0.5, 0.6) is 0 Å². The first-order valence-corrected chi connectivity index (χ1v) is 7.14. The highest BCUT2D eigenvalue weighted by atomic mass is 19.1. The van der Waals surface area contributed by atoms with Crippen molar-refractivity contribution in [3.05, 3.63) is 47.3 Å². The van der Waals surface area contributed by atoms with E-state index < -0.39 is 11.7 Å². The van der Waals surface area contributed by atoms with Crippen molar-refractivity contribution in [3.63, 3.8) is 0 Å². The van der Waals surface area contributed by atoms with Crippen LogP contribution in [0.3, 0.4) is 0 Å². The Morgan fingerprint density at radius 1 is 1.32 bits per heavy atom. The van der Waals surface area contributed by atoms with Gasteiger partial charge in [-0.05, 0) is 43.0 Å². The highest BCUT2D eigenvalue weighted by Gasteiger charge is 2.20. The normalized spacial score (nSPS) is 14.0. The van der Waals surface area contributed by atoms with Gasteiger partial charge in [-0.15, -0.1) is 5.10 Å². The topological polar surface area (TPSA) is 72.4 Å². The van der Waals surface area contributed by atoms with Gasteiger partial charge >= 0.3 is 0 Å². The quantitative estimate of drug-likeness (QED) is 0.789. The maximum atomic E-state index is 13.1. The predicted molar refractivity (Wildman–Crippen MR) is 76.2 cm³/mol. The molecule has 7 heteroatoms. The Morgan fingerprint density at radius 3 is 3.05 bits per heavy atom. The molecule has 0 radical (unpaired) electrons. The summed E-state index contributed by atoms with van der Waals surface area (Å²) in [6, 6.07) is 4.55. The zero-order chi connectivity index (χ0) is 15.1. The second kappa shape index (κ2) is 4.94. The molecule has 0 spiro atoms. The van der Waals surface area contributed by atoms with Gasteiger partial charge in [0.05, 0.1) is 6.20 Å². The molecule has 0 fully saturated rings. The summed E-state index contributed by atoms with van der Waals surface area (Å²) in [5, 5.41) is 6.59. The van der Waals surface area contributed by atoms with Crippen molar-refractivity contribution in [1.82, 2.24) is 14.6 Å². The van der Waals surface area contributed by atoms with Crippen molar-refractivity contribution >= 4 is 17.5 Å². The summed E-state index contributed by atoms with van der Waals surface area (Å²) < 4.78 is 20.0. The Labute approximate surface area is 125 Å². The van der Waals surface area contributed by atoms with Crippen LogP contribution < -0.4 is 5.32 Å². The molecule has 0 saturated heterocycles. The average molecular weight is 300 g/mol. The third-order valence-electron chi connectivity index (χ3n) is 3.74. The molecule has 4 rings (SSSR count). The highest BCUT2D eigenvalue weighted by molar-refractivity contribution is 6.01. The Morgan fingerprint density at radius 2 is 2.18 bits per heavy atom. The zero-order valence-electron chi connectivity index (χ0n) is 11.7. The number of carbonyl (C=O) groups excluding carboxylic acids is 1. The summed E-state index contributed by atoms with van der Waals surface area (Å²) in [7, 11) is 0. The number of fused-ring (bicyclic) bond motifs is 2. The fourth-order valence-corrected chi connectivity index (χ4v) is 2.68. The van der Waals surface area contributed by atoms with Gasteiger partial charge in [-0.2, -0.15) is 4.98 Å². The lowest BCUT2D eigenvalue weighted by atomic mass is 9.99. The number of amides is 1. The van der Waals surface area contributed by atoms with Crippen molar-refractivity contribution in [2.75, 3.05) is 5.32 Å². The summed E-state index contributed by atoms with van der Waals surface area (Å²) in [5.41, 5.74) is 1.55. The molecule has 112 valence electrons. The molecule has 6 nitrogen and oxygen atoms in total. The van der Waals surface area contributed by atoms with E-state index in [0.717, 1.165) is 37.0 Å². The first kappa shape index (κ1) is 13.0. The molecule has 0 unspecified atom stereocenters. The number of carbonyl (C=O) groups is 1. The number of nitrogens with zero attached hydrogens (tertiary/aromatic N) is 3. The average Bonchev–Trinajstić information content (AvgIpc) is 3.09. The highest BCUT2D eigenvalue weighted by Crippen LogP contribution is 2.25. The number of pyridine rings is 1. The molecule has 3 aromatic heterocycles. The van der Waals surface area contributed by atoms with Crippen LogP contribution in [0, 0.1) is 5.82 Å². The summed E-state index contributed by atoms with van der Waals surface area (Å²) in [6.45, 7) is 0. The Bertz CT molecular complexity index is 844. The smallest absolute Gasteiger partial charge is 0.293 e. The molecule has 0 aliphatic heterocycles. The number of hydrogen-bond donors (Lipinski definition) is 1. The number of anilines is 1. The molecule has 0 bridgehead atoms. The molecule has 0 saturated carbocycles. The molecular formula is C15H13FN4O2. The van der Waals surface area contributed by atoms with Gasteiger partial charge in [-0.1, -0.05) is 0 Å². The maximum Gasteiger partial charge on any atom is 0.293 e. The van der Waals surface area contributed by atoms with Gasteiger partial charge in [-0.3, -0.25) is 10.1 Å². The van der Waals surface area contributed by atoms with E-state index in [1.807, 2.05) is 0 Å². The molecule has 1 N–H and O–H groups in total. The van der Waals surface area contributed by atoms with E-state index >= 15 is 0 Å². The second-order valence-corrected chi connectivity index (χ2v) is 5.31. The van der Waals surface area contributed by atoms with Crippen LogP contribution >= 0.6 is 0 Å². The molecule has 22 heavy (non-hydrogen) atoms. The van der Waals surface area contributed by atoms with Gasteiger partial charge in [0, 0.05) is 6.42 Å². The fourth-order valence-electron chi connectivity index (χ4n) is 2.68. The van der Waals surface area contributed by atoms with E-state index in [1.54, 1.807) is 6.07 Å². The van der Waals surface area contributed by atoms with E-state index in [4.69, 9.17) is 4.42 Å². The minimum absolute atomic E-state index is 0.116. The molecular weight excluding hydrogens is 287 g/mol. The van der Waals surface area contributed by atoms with Crippen molar-refractivity contribution in [1.29, 1.82) is 0 Å². The van der Waals surface area contributed by atoms with Crippen LogP contribution in [-0.4, -0.2) is 20.5 Å². The molecule has 1 aliphatic rings. The molecule has 3 aromatic rings. The first-order chi connectivity index (χ1) is 10.7. The largest absolute Gasteiger partial charge is 0.456 e. The van der Waals surface area contributed by atoms with Crippen LogP contribution in [0.15, 0.2) is 28.8 Å². The van der Waals surface area contributed by atoms with Gasteiger partial charge in [0.1, 0.15) is 11.6 Å². The van der Waals surface area contributed by atoms with Gasteiger partial charge in [0.2, 0.25) is 5.95 Å². The number of halogens is 1. The lowest BCUT2D eigenvalue weighted by Crippen LogP contribution is -2.12. The van der Waals surface area contributed by atoms with Crippen LogP contribution in [-0.2, 0) is 12.8 Å². The predicted octanol–water partition coefficient (Wildman–Crippen LogP) is 2.59. The van der Waals surface area contributed by atoms with E-state index in [0.29, 0.717) is 5.65 Å². The standard InChI is InChI=1S/C15H13FN4O2/c16-10-5-6-13-17-15(19-20(13)8-10)18-14(21)12-7-9-3-1-2-4-11(9)22-12/h5-8H,1-4H2,(H,18,19,21). The Balaban J connectivity index is 1.58. The van der Waals surface area contributed by atoms with Crippen molar-refractivity contribution in [3.8, 4) is 0 Å². The van der Waals surface area contributed by atoms with Gasteiger partial charge in [0.25, 0.3) is 5.91 Å².